The summed E-state index contributed by atoms with van der Waals surface area (Å²) in [6.45, 7) is 0.389. The molecular weight excluding hydrogens is 295 g/mol. The monoisotopic (exact) mass is 309 g/mol. The molecule has 3 rings (SSSR count). The SMILES string of the molecule is NC1COc2c(cccc2Oc2ccc(C(F)(F)F)cc2)C1. The minimum absolute atomic E-state index is 0.0613. The van der Waals surface area contributed by atoms with Crippen LogP contribution in [0.3, 0.4) is 0 Å². The van der Waals surface area contributed by atoms with Gasteiger partial charge in [-0.15, -0.1) is 0 Å². The molecule has 0 saturated carbocycles. The number of halogens is 3. The minimum atomic E-state index is -4.36. The minimum Gasteiger partial charge on any atom is -0.488 e. The maximum atomic E-state index is 12.5. The highest BCUT2D eigenvalue weighted by atomic mass is 19.4. The molecule has 0 radical (unpaired) electrons. The van der Waals surface area contributed by atoms with E-state index in [2.05, 4.69) is 0 Å². The molecule has 1 unspecified atom stereocenters. The summed E-state index contributed by atoms with van der Waals surface area (Å²) < 4.78 is 48.8. The van der Waals surface area contributed by atoms with Crippen LogP contribution in [0.5, 0.6) is 17.2 Å². The molecule has 0 spiro atoms. The van der Waals surface area contributed by atoms with Crippen LogP contribution in [0.1, 0.15) is 11.1 Å². The van der Waals surface area contributed by atoms with Crippen molar-refractivity contribution >= 4 is 0 Å². The van der Waals surface area contributed by atoms with Crippen molar-refractivity contribution in [3.63, 3.8) is 0 Å². The lowest BCUT2D eigenvalue weighted by atomic mass is 10.0. The number of benzene rings is 2. The Bertz CT molecular complexity index is 668. The van der Waals surface area contributed by atoms with Crippen LogP contribution in [-0.2, 0) is 12.6 Å². The normalized spacial score (nSPS) is 17.5. The van der Waals surface area contributed by atoms with Crippen molar-refractivity contribution in [2.45, 2.75) is 18.6 Å². The molecule has 22 heavy (non-hydrogen) atoms. The Hall–Kier alpha value is -2.21. The van der Waals surface area contributed by atoms with Crippen LogP contribution in [0, 0.1) is 0 Å². The van der Waals surface area contributed by atoms with E-state index in [1.54, 1.807) is 12.1 Å². The number of fused-ring (bicyclic) bond motifs is 1. The molecule has 1 atom stereocenters. The van der Waals surface area contributed by atoms with Gasteiger partial charge in [0.05, 0.1) is 5.56 Å². The Morgan fingerprint density at radius 2 is 1.82 bits per heavy atom. The van der Waals surface area contributed by atoms with E-state index in [9.17, 15) is 13.2 Å². The number of nitrogens with two attached hydrogens (primary N) is 1. The first kappa shape index (κ1) is 14.7. The smallest absolute Gasteiger partial charge is 0.416 e. The number of para-hydroxylation sites is 1. The quantitative estimate of drug-likeness (QED) is 0.918. The standard InChI is InChI=1S/C16H14F3NO2/c17-16(18,19)11-4-6-13(7-5-11)22-14-3-1-2-10-8-12(20)9-21-15(10)14/h1-7,12H,8-9,20H2. The van der Waals surface area contributed by atoms with E-state index >= 15 is 0 Å². The van der Waals surface area contributed by atoms with Gasteiger partial charge in [0.15, 0.2) is 11.5 Å². The zero-order valence-corrected chi connectivity index (χ0v) is 11.6. The van der Waals surface area contributed by atoms with E-state index < -0.39 is 11.7 Å². The topological polar surface area (TPSA) is 44.5 Å². The van der Waals surface area contributed by atoms with Crippen LogP contribution < -0.4 is 15.2 Å². The van der Waals surface area contributed by atoms with Crippen LogP contribution in [0.4, 0.5) is 13.2 Å². The number of ether oxygens (including phenoxy) is 2. The third kappa shape index (κ3) is 3.01. The van der Waals surface area contributed by atoms with Crippen molar-refractivity contribution in [2.24, 2.45) is 5.73 Å². The first-order chi connectivity index (χ1) is 10.4. The second kappa shape index (κ2) is 5.53. The highest BCUT2D eigenvalue weighted by Crippen LogP contribution is 2.38. The average molecular weight is 309 g/mol. The molecule has 0 aromatic heterocycles. The van der Waals surface area contributed by atoms with Gasteiger partial charge in [0, 0.05) is 6.04 Å². The second-order valence-electron chi connectivity index (χ2n) is 5.14. The van der Waals surface area contributed by atoms with Gasteiger partial charge in [0.1, 0.15) is 12.4 Å². The lowest BCUT2D eigenvalue weighted by Crippen LogP contribution is -2.33. The zero-order valence-electron chi connectivity index (χ0n) is 11.6. The summed E-state index contributed by atoms with van der Waals surface area (Å²) in [4.78, 5) is 0. The predicted molar refractivity (Wildman–Crippen MR) is 75.1 cm³/mol. The van der Waals surface area contributed by atoms with E-state index in [1.807, 2.05) is 6.07 Å². The Morgan fingerprint density at radius 1 is 1.09 bits per heavy atom. The first-order valence-electron chi connectivity index (χ1n) is 6.79. The molecule has 0 amide bonds. The molecule has 2 aromatic carbocycles. The van der Waals surface area contributed by atoms with E-state index in [-0.39, 0.29) is 6.04 Å². The van der Waals surface area contributed by atoms with Crippen LogP contribution in [-0.4, -0.2) is 12.6 Å². The first-order valence-corrected chi connectivity index (χ1v) is 6.79. The molecule has 3 nitrogen and oxygen atoms in total. The molecule has 1 aliphatic rings. The molecule has 0 saturated heterocycles. The van der Waals surface area contributed by atoms with Crippen molar-refractivity contribution in [2.75, 3.05) is 6.61 Å². The molecule has 1 heterocycles. The van der Waals surface area contributed by atoms with E-state index in [4.69, 9.17) is 15.2 Å². The molecule has 2 aromatic rings. The summed E-state index contributed by atoms with van der Waals surface area (Å²) in [5.74, 6) is 1.40. The van der Waals surface area contributed by atoms with E-state index in [0.717, 1.165) is 17.7 Å². The van der Waals surface area contributed by atoms with Crippen molar-refractivity contribution < 1.29 is 22.6 Å². The van der Waals surface area contributed by atoms with Gasteiger partial charge < -0.3 is 15.2 Å². The fraction of sp³-hybridized carbons (Fsp3) is 0.250. The van der Waals surface area contributed by atoms with Crippen LogP contribution in [0.15, 0.2) is 42.5 Å². The predicted octanol–water partition coefficient (Wildman–Crippen LogP) is 3.76. The summed E-state index contributed by atoms with van der Waals surface area (Å²) in [7, 11) is 0. The van der Waals surface area contributed by atoms with Crippen molar-refractivity contribution in [1.82, 2.24) is 0 Å². The van der Waals surface area contributed by atoms with Gasteiger partial charge >= 0.3 is 6.18 Å². The van der Waals surface area contributed by atoms with Crippen LogP contribution in [0.25, 0.3) is 0 Å². The average Bonchev–Trinajstić information content (AvgIpc) is 2.47. The van der Waals surface area contributed by atoms with Gasteiger partial charge in [-0.05, 0) is 42.3 Å². The molecule has 116 valence electrons. The molecular formula is C16H14F3NO2. The molecule has 0 bridgehead atoms. The summed E-state index contributed by atoms with van der Waals surface area (Å²) in [6.07, 6.45) is -3.68. The third-order valence-corrected chi connectivity index (χ3v) is 3.39. The van der Waals surface area contributed by atoms with Gasteiger partial charge in [-0.25, -0.2) is 0 Å². The van der Waals surface area contributed by atoms with Crippen molar-refractivity contribution in [1.29, 1.82) is 0 Å². The summed E-state index contributed by atoms with van der Waals surface area (Å²) in [5.41, 5.74) is 6.06. The van der Waals surface area contributed by atoms with Gasteiger partial charge in [-0.3, -0.25) is 0 Å². The zero-order chi connectivity index (χ0) is 15.7. The van der Waals surface area contributed by atoms with Gasteiger partial charge in [0.2, 0.25) is 0 Å². The Kier molecular flexibility index (Phi) is 3.70. The van der Waals surface area contributed by atoms with Crippen LogP contribution in [0.2, 0.25) is 0 Å². The fourth-order valence-electron chi connectivity index (χ4n) is 2.34. The maximum Gasteiger partial charge on any atom is 0.416 e. The van der Waals surface area contributed by atoms with E-state index in [0.29, 0.717) is 30.3 Å². The Balaban J connectivity index is 1.83. The number of hydrogen-bond donors (Lipinski definition) is 1. The van der Waals surface area contributed by atoms with Crippen LogP contribution >= 0.6 is 0 Å². The number of hydrogen-bond acceptors (Lipinski definition) is 3. The van der Waals surface area contributed by atoms with Crippen molar-refractivity contribution in [3.05, 3.63) is 53.6 Å². The lowest BCUT2D eigenvalue weighted by Gasteiger charge is -2.24. The fourth-order valence-corrected chi connectivity index (χ4v) is 2.34. The van der Waals surface area contributed by atoms with Gasteiger partial charge in [0.25, 0.3) is 0 Å². The second-order valence-corrected chi connectivity index (χ2v) is 5.14. The third-order valence-electron chi connectivity index (χ3n) is 3.39. The molecule has 0 aliphatic carbocycles. The summed E-state index contributed by atoms with van der Waals surface area (Å²) in [5, 5.41) is 0. The largest absolute Gasteiger partial charge is 0.488 e. The number of rotatable bonds is 2. The Labute approximate surface area is 125 Å². The van der Waals surface area contributed by atoms with Crippen molar-refractivity contribution in [3.8, 4) is 17.2 Å². The number of alkyl halides is 3. The maximum absolute atomic E-state index is 12.5. The van der Waals surface area contributed by atoms with E-state index in [1.165, 1.54) is 12.1 Å². The Morgan fingerprint density at radius 3 is 2.50 bits per heavy atom. The molecule has 0 fully saturated rings. The molecule has 2 N–H and O–H groups in total. The summed E-state index contributed by atoms with van der Waals surface area (Å²) >= 11 is 0. The van der Waals surface area contributed by atoms with Gasteiger partial charge in [-0.1, -0.05) is 12.1 Å². The highest BCUT2D eigenvalue weighted by molar-refractivity contribution is 5.50. The highest BCUT2D eigenvalue weighted by Gasteiger charge is 2.30. The molecule has 1 aliphatic heterocycles. The molecule has 6 heteroatoms. The van der Waals surface area contributed by atoms with Gasteiger partial charge in [-0.2, -0.15) is 13.2 Å². The summed E-state index contributed by atoms with van der Waals surface area (Å²) in [6, 6.07) is 9.91. The lowest BCUT2D eigenvalue weighted by molar-refractivity contribution is -0.137.